The first-order chi connectivity index (χ1) is 14.0. The number of halogens is 1. The molecule has 3 aromatic rings. The Labute approximate surface area is 180 Å². The first kappa shape index (κ1) is 21.0. The minimum atomic E-state index is -0.243. The molecule has 0 bridgehead atoms. The van der Waals surface area contributed by atoms with Crippen LogP contribution < -0.4 is 19.5 Å². The summed E-state index contributed by atoms with van der Waals surface area (Å²) in [7, 11) is 4.54. The summed E-state index contributed by atoms with van der Waals surface area (Å²) in [4.78, 5) is 12.3. The number of anilines is 1. The Morgan fingerprint density at radius 2 is 1.72 bits per heavy atom. The Morgan fingerprint density at radius 1 is 1.07 bits per heavy atom. The molecule has 0 radical (unpaired) electrons. The molecule has 1 heterocycles. The number of methoxy groups -OCH3 is 3. The maximum absolute atomic E-state index is 12.3. The highest BCUT2D eigenvalue weighted by Gasteiger charge is 2.16. The van der Waals surface area contributed by atoms with E-state index in [9.17, 15) is 4.79 Å². The van der Waals surface area contributed by atoms with E-state index in [0.717, 1.165) is 21.8 Å². The van der Waals surface area contributed by atoms with Crippen LogP contribution in [0.2, 0.25) is 0 Å². The lowest BCUT2D eigenvalue weighted by Crippen LogP contribution is -2.14. The van der Waals surface area contributed by atoms with Crippen LogP contribution in [-0.4, -0.2) is 43.2 Å². The molecule has 0 spiro atoms. The van der Waals surface area contributed by atoms with Crippen molar-refractivity contribution in [2.24, 2.45) is 0 Å². The number of carbonyl (C=O) groups is 1. The van der Waals surface area contributed by atoms with E-state index in [1.54, 1.807) is 12.1 Å². The second-order valence-corrected chi connectivity index (χ2v) is 7.47. The lowest BCUT2D eigenvalue weighted by Gasteiger charge is -2.14. The van der Waals surface area contributed by atoms with Gasteiger partial charge in [0.25, 0.3) is 5.22 Å². The van der Waals surface area contributed by atoms with E-state index in [0.29, 0.717) is 34.0 Å². The summed E-state index contributed by atoms with van der Waals surface area (Å²) in [6.45, 7) is 0. The van der Waals surface area contributed by atoms with Gasteiger partial charge < -0.3 is 23.9 Å². The van der Waals surface area contributed by atoms with Gasteiger partial charge >= 0.3 is 0 Å². The monoisotopic (exact) mass is 479 g/mol. The van der Waals surface area contributed by atoms with Gasteiger partial charge in [-0.2, -0.15) is 0 Å². The van der Waals surface area contributed by atoms with E-state index in [1.165, 1.54) is 21.3 Å². The summed E-state index contributed by atoms with van der Waals surface area (Å²) < 4.78 is 22.4. The Morgan fingerprint density at radius 3 is 2.31 bits per heavy atom. The highest BCUT2D eigenvalue weighted by Crippen LogP contribution is 2.40. The number of rotatable bonds is 8. The SMILES string of the molecule is COc1cc(NC(=O)CSc2nnc(-c3ccc(Br)cc3)o2)cc(OC)c1OC. The summed E-state index contributed by atoms with van der Waals surface area (Å²) in [6.07, 6.45) is 0. The summed E-state index contributed by atoms with van der Waals surface area (Å²) in [6, 6.07) is 10.8. The van der Waals surface area contributed by atoms with Crippen molar-refractivity contribution >= 4 is 39.3 Å². The molecule has 2 aromatic carbocycles. The standard InChI is InChI=1S/C19H18BrN3O5S/c1-25-14-8-13(9-15(26-2)17(14)27-3)21-16(24)10-29-19-23-22-18(28-19)11-4-6-12(20)7-5-11/h4-9H,10H2,1-3H3,(H,21,24). The van der Waals surface area contributed by atoms with Gasteiger partial charge in [0.15, 0.2) is 11.5 Å². The van der Waals surface area contributed by atoms with E-state index in [-0.39, 0.29) is 11.7 Å². The van der Waals surface area contributed by atoms with Crippen molar-refractivity contribution in [2.45, 2.75) is 5.22 Å². The number of amides is 1. The number of carbonyl (C=O) groups excluding carboxylic acids is 1. The van der Waals surface area contributed by atoms with Crippen molar-refractivity contribution in [1.82, 2.24) is 10.2 Å². The van der Waals surface area contributed by atoms with Gasteiger partial charge in [0.2, 0.25) is 17.5 Å². The number of nitrogens with zero attached hydrogens (tertiary/aromatic N) is 2. The molecule has 1 aromatic heterocycles. The third-order valence-electron chi connectivity index (χ3n) is 3.77. The summed E-state index contributed by atoms with van der Waals surface area (Å²) in [5.74, 6) is 1.60. The molecule has 152 valence electrons. The van der Waals surface area contributed by atoms with Crippen LogP contribution in [0.4, 0.5) is 5.69 Å². The van der Waals surface area contributed by atoms with Crippen molar-refractivity contribution < 1.29 is 23.4 Å². The number of thioether (sulfide) groups is 1. The van der Waals surface area contributed by atoms with Crippen LogP contribution in [0, 0.1) is 0 Å². The fraction of sp³-hybridized carbons (Fsp3) is 0.211. The lowest BCUT2D eigenvalue weighted by molar-refractivity contribution is -0.113. The van der Waals surface area contributed by atoms with Crippen molar-refractivity contribution in [1.29, 1.82) is 0 Å². The Bertz CT molecular complexity index is 969. The third kappa shape index (κ3) is 5.21. The third-order valence-corrected chi connectivity index (χ3v) is 5.12. The van der Waals surface area contributed by atoms with Gasteiger partial charge in [0, 0.05) is 27.9 Å². The van der Waals surface area contributed by atoms with E-state index >= 15 is 0 Å². The van der Waals surface area contributed by atoms with Crippen LogP contribution in [0.1, 0.15) is 0 Å². The number of aromatic nitrogens is 2. The molecule has 0 fully saturated rings. The van der Waals surface area contributed by atoms with Crippen molar-refractivity contribution in [3.8, 4) is 28.7 Å². The van der Waals surface area contributed by atoms with Crippen LogP contribution in [0.25, 0.3) is 11.5 Å². The summed E-state index contributed by atoms with van der Waals surface area (Å²) in [5, 5.41) is 11.1. The first-order valence-electron chi connectivity index (χ1n) is 8.36. The van der Waals surface area contributed by atoms with Gasteiger partial charge in [-0.1, -0.05) is 27.7 Å². The zero-order valence-electron chi connectivity index (χ0n) is 15.9. The van der Waals surface area contributed by atoms with E-state index < -0.39 is 0 Å². The Balaban J connectivity index is 1.62. The minimum Gasteiger partial charge on any atom is -0.493 e. The fourth-order valence-electron chi connectivity index (χ4n) is 2.45. The molecule has 3 rings (SSSR count). The number of hydrogen-bond acceptors (Lipinski definition) is 8. The zero-order chi connectivity index (χ0) is 20.8. The molecule has 1 N–H and O–H groups in total. The molecule has 0 atom stereocenters. The molecule has 0 saturated heterocycles. The Kier molecular flexibility index (Phi) is 6.99. The molecule has 0 aliphatic heterocycles. The van der Waals surface area contributed by atoms with Gasteiger partial charge in [-0.15, -0.1) is 10.2 Å². The molecule has 29 heavy (non-hydrogen) atoms. The van der Waals surface area contributed by atoms with E-state index in [1.807, 2.05) is 24.3 Å². The highest BCUT2D eigenvalue weighted by molar-refractivity contribution is 9.10. The Hall–Kier alpha value is -2.72. The average molecular weight is 480 g/mol. The maximum atomic E-state index is 12.3. The number of ether oxygens (including phenoxy) is 3. The zero-order valence-corrected chi connectivity index (χ0v) is 18.3. The molecule has 8 nitrogen and oxygen atoms in total. The highest BCUT2D eigenvalue weighted by atomic mass is 79.9. The maximum Gasteiger partial charge on any atom is 0.277 e. The fourth-order valence-corrected chi connectivity index (χ4v) is 3.28. The van der Waals surface area contributed by atoms with Gasteiger partial charge in [-0.25, -0.2) is 0 Å². The molecule has 0 saturated carbocycles. The molecule has 1 amide bonds. The second-order valence-electron chi connectivity index (χ2n) is 5.63. The van der Waals surface area contributed by atoms with Crippen LogP contribution in [0.15, 0.2) is 50.5 Å². The summed E-state index contributed by atoms with van der Waals surface area (Å²) >= 11 is 4.52. The number of nitrogens with one attached hydrogen (secondary N) is 1. The van der Waals surface area contributed by atoms with Crippen LogP contribution in [-0.2, 0) is 4.79 Å². The van der Waals surface area contributed by atoms with Crippen molar-refractivity contribution in [3.05, 3.63) is 40.9 Å². The smallest absolute Gasteiger partial charge is 0.277 e. The average Bonchev–Trinajstić information content (AvgIpc) is 3.21. The van der Waals surface area contributed by atoms with Crippen LogP contribution in [0.5, 0.6) is 17.2 Å². The largest absolute Gasteiger partial charge is 0.493 e. The van der Waals surface area contributed by atoms with E-state index in [4.69, 9.17) is 18.6 Å². The lowest BCUT2D eigenvalue weighted by atomic mass is 10.2. The molecule has 0 aliphatic rings. The normalized spacial score (nSPS) is 10.5. The van der Waals surface area contributed by atoms with Crippen molar-refractivity contribution in [2.75, 3.05) is 32.4 Å². The van der Waals surface area contributed by atoms with Gasteiger partial charge in [-0.3, -0.25) is 4.79 Å². The molecule has 0 aliphatic carbocycles. The predicted octanol–water partition coefficient (Wildman–Crippen LogP) is 4.26. The quantitative estimate of drug-likeness (QED) is 0.478. The minimum absolute atomic E-state index is 0.0959. The predicted molar refractivity (Wildman–Crippen MR) is 113 cm³/mol. The van der Waals surface area contributed by atoms with Gasteiger partial charge in [0.05, 0.1) is 27.1 Å². The first-order valence-corrected chi connectivity index (χ1v) is 10.1. The summed E-state index contributed by atoms with van der Waals surface area (Å²) in [5.41, 5.74) is 1.32. The number of benzene rings is 2. The van der Waals surface area contributed by atoms with Crippen LogP contribution in [0.3, 0.4) is 0 Å². The van der Waals surface area contributed by atoms with Gasteiger partial charge in [-0.05, 0) is 24.3 Å². The number of hydrogen-bond donors (Lipinski definition) is 1. The molecule has 0 unspecified atom stereocenters. The van der Waals surface area contributed by atoms with Crippen LogP contribution >= 0.6 is 27.7 Å². The van der Waals surface area contributed by atoms with Crippen molar-refractivity contribution in [3.63, 3.8) is 0 Å². The van der Waals surface area contributed by atoms with Gasteiger partial charge in [0.1, 0.15) is 0 Å². The van der Waals surface area contributed by atoms with E-state index in [2.05, 4.69) is 31.4 Å². The second kappa shape index (κ2) is 9.66. The molecule has 10 heteroatoms. The molecular formula is C19H18BrN3O5S. The molecular weight excluding hydrogens is 462 g/mol. The topological polar surface area (TPSA) is 95.7 Å².